The number of rotatable bonds is 2. The summed E-state index contributed by atoms with van der Waals surface area (Å²) in [5, 5.41) is 2.11. The standard InChI is InChI=1S/C18H21N5O/c1-11(2)18(24)23-7-3-4-12(9-23)16-15-13-5-6-19-17(13)20-8-14(15)21-10-22-16/h5-6,8,10-12H,3-4,7,9H2,1-2H3,(H,19,20). The fourth-order valence-electron chi connectivity index (χ4n) is 3.66. The molecule has 0 radical (unpaired) electrons. The van der Waals surface area contributed by atoms with Crippen LogP contribution < -0.4 is 0 Å². The lowest BCUT2D eigenvalue weighted by atomic mass is 9.91. The Balaban J connectivity index is 1.78. The van der Waals surface area contributed by atoms with Crippen LogP contribution in [0.25, 0.3) is 21.9 Å². The number of aromatic amines is 1. The number of carbonyl (C=O) groups excluding carboxylic acids is 1. The SMILES string of the molecule is CC(C)C(=O)N1CCCC(c2ncnc3cnc4[nH]ccc4c23)C1. The van der Waals surface area contributed by atoms with Crippen LogP contribution in [0.3, 0.4) is 0 Å². The van der Waals surface area contributed by atoms with Crippen molar-refractivity contribution in [2.45, 2.75) is 32.6 Å². The lowest BCUT2D eigenvalue weighted by Gasteiger charge is -2.34. The van der Waals surface area contributed by atoms with Gasteiger partial charge in [-0.3, -0.25) is 4.79 Å². The molecule has 24 heavy (non-hydrogen) atoms. The Hall–Kier alpha value is -2.50. The molecule has 6 heteroatoms. The highest BCUT2D eigenvalue weighted by Crippen LogP contribution is 2.33. The number of amides is 1. The number of likely N-dealkylation sites (tertiary alicyclic amines) is 1. The van der Waals surface area contributed by atoms with Crippen molar-refractivity contribution in [3.8, 4) is 0 Å². The highest BCUT2D eigenvalue weighted by atomic mass is 16.2. The second kappa shape index (κ2) is 5.85. The van der Waals surface area contributed by atoms with E-state index in [1.807, 2.05) is 31.0 Å². The fraction of sp³-hybridized carbons (Fsp3) is 0.444. The predicted octanol–water partition coefficient (Wildman–Crippen LogP) is 2.87. The summed E-state index contributed by atoms with van der Waals surface area (Å²) in [7, 11) is 0. The Bertz CT molecular complexity index is 901. The number of hydrogen-bond donors (Lipinski definition) is 1. The summed E-state index contributed by atoms with van der Waals surface area (Å²) in [4.78, 5) is 30.9. The highest BCUT2D eigenvalue weighted by Gasteiger charge is 2.28. The van der Waals surface area contributed by atoms with E-state index in [0.717, 1.165) is 53.6 Å². The maximum Gasteiger partial charge on any atom is 0.225 e. The second-order valence-electron chi connectivity index (χ2n) is 6.80. The Morgan fingerprint density at radius 2 is 2.21 bits per heavy atom. The van der Waals surface area contributed by atoms with Gasteiger partial charge in [0.15, 0.2) is 0 Å². The molecule has 3 aromatic heterocycles. The van der Waals surface area contributed by atoms with Crippen LogP contribution in [0, 0.1) is 5.92 Å². The normalized spacial score (nSPS) is 18.6. The van der Waals surface area contributed by atoms with Gasteiger partial charge in [0.2, 0.25) is 5.91 Å². The van der Waals surface area contributed by atoms with Crippen LogP contribution in [0.1, 0.15) is 38.3 Å². The molecule has 0 saturated carbocycles. The molecule has 124 valence electrons. The van der Waals surface area contributed by atoms with Crippen LogP contribution in [0.15, 0.2) is 24.8 Å². The van der Waals surface area contributed by atoms with E-state index >= 15 is 0 Å². The summed E-state index contributed by atoms with van der Waals surface area (Å²) in [5.74, 6) is 0.505. The molecule has 0 spiro atoms. The van der Waals surface area contributed by atoms with E-state index in [-0.39, 0.29) is 17.7 Å². The van der Waals surface area contributed by atoms with Crippen LogP contribution >= 0.6 is 0 Å². The Labute approximate surface area is 140 Å². The molecule has 1 unspecified atom stereocenters. The molecule has 4 heterocycles. The van der Waals surface area contributed by atoms with Crippen molar-refractivity contribution in [2.75, 3.05) is 13.1 Å². The summed E-state index contributed by atoms with van der Waals surface area (Å²) < 4.78 is 0. The molecule has 0 aromatic carbocycles. The Morgan fingerprint density at radius 3 is 3.04 bits per heavy atom. The molecule has 3 aromatic rings. The molecule has 1 amide bonds. The van der Waals surface area contributed by atoms with E-state index in [1.54, 1.807) is 12.5 Å². The van der Waals surface area contributed by atoms with E-state index < -0.39 is 0 Å². The van der Waals surface area contributed by atoms with Crippen molar-refractivity contribution < 1.29 is 4.79 Å². The third-order valence-electron chi connectivity index (χ3n) is 4.83. The maximum atomic E-state index is 12.4. The number of aromatic nitrogens is 4. The monoisotopic (exact) mass is 323 g/mol. The topological polar surface area (TPSA) is 74.8 Å². The van der Waals surface area contributed by atoms with Crippen molar-refractivity contribution in [1.82, 2.24) is 24.8 Å². The number of H-pyrrole nitrogens is 1. The summed E-state index contributed by atoms with van der Waals surface area (Å²) in [5.41, 5.74) is 2.75. The van der Waals surface area contributed by atoms with E-state index in [9.17, 15) is 4.79 Å². The van der Waals surface area contributed by atoms with Crippen LogP contribution in [0.4, 0.5) is 0 Å². The fourth-order valence-corrected chi connectivity index (χ4v) is 3.66. The number of hydrogen-bond acceptors (Lipinski definition) is 4. The van der Waals surface area contributed by atoms with Gasteiger partial charge in [-0.25, -0.2) is 15.0 Å². The summed E-state index contributed by atoms with van der Waals surface area (Å²) in [6.45, 7) is 5.50. The molecule has 1 saturated heterocycles. The lowest BCUT2D eigenvalue weighted by Crippen LogP contribution is -2.41. The molecule has 6 nitrogen and oxygen atoms in total. The predicted molar refractivity (Wildman–Crippen MR) is 92.6 cm³/mol. The first kappa shape index (κ1) is 15.1. The maximum absolute atomic E-state index is 12.4. The zero-order chi connectivity index (χ0) is 16.7. The van der Waals surface area contributed by atoms with Gasteiger partial charge in [0.1, 0.15) is 12.0 Å². The van der Waals surface area contributed by atoms with E-state index in [2.05, 4.69) is 19.9 Å². The van der Waals surface area contributed by atoms with Gasteiger partial charge in [-0.2, -0.15) is 0 Å². The van der Waals surface area contributed by atoms with Crippen molar-refractivity contribution in [3.05, 3.63) is 30.5 Å². The minimum atomic E-state index is 0.0338. The lowest BCUT2D eigenvalue weighted by molar-refractivity contribution is -0.135. The van der Waals surface area contributed by atoms with Gasteiger partial charge in [0.25, 0.3) is 0 Å². The van der Waals surface area contributed by atoms with Crippen LogP contribution in [0.5, 0.6) is 0 Å². The Kier molecular flexibility index (Phi) is 3.67. The number of fused-ring (bicyclic) bond motifs is 3. The first-order valence-corrected chi connectivity index (χ1v) is 8.50. The summed E-state index contributed by atoms with van der Waals surface area (Å²) in [6.07, 6.45) is 7.35. The average molecular weight is 323 g/mol. The summed E-state index contributed by atoms with van der Waals surface area (Å²) in [6, 6.07) is 2.03. The van der Waals surface area contributed by atoms with Crippen LogP contribution in [-0.4, -0.2) is 43.8 Å². The number of carbonyl (C=O) groups is 1. The highest BCUT2D eigenvalue weighted by molar-refractivity contribution is 6.04. The van der Waals surface area contributed by atoms with Crippen LogP contribution in [0.2, 0.25) is 0 Å². The Morgan fingerprint density at radius 1 is 1.33 bits per heavy atom. The van der Waals surface area contributed by atoms with Crippen LogP contribution in [-0.2, 0) is 4.79 Å². The van der Waals surface area contributed by atoms with Gasteiger partial charge in [-0.15, -0.1) is 0 Å². The zero-order valence-electron chi connectivity index (χ0n) is 14.0. The minimum Gasteiger partial charge on any atom is -0.346 e. The smallest absolute Gasteiger partial charge is 0.225 e. The molecule has 0 aliphatic carbocycles. The molecular formula is C18H21N5O. The molecule has 1 aliphatic rings. The molecule has 1 atom stereocenters. The van der Waals surface area contributed by atoms with Crippen molar-refractivity contribution in [1.29, 1.82) is 0 Å². The number of pyridine rings is 1. The largest absolute Gasteiger partial charge is 0.346 e. The van der Waals surface area contributed by atoms with Gasteiger partial charge >= 0.3 is 0 Å². The summed E-state index contributed by atoms with van der Waals surface area (Å²) >= 11 is 0. The third kappa shape index (κ3) is 2.42. The van der Waals surface area contributed by atoms with E-state index in [1.165, 1.54) is 0 Å². The van der Waals surface area contributed by atoms with Crippen molar-refractivity contribution in [3.63, 3.8) is 0 Å². The quantitative estimate of drug-likeness (QED) is 0.787. The molecule has 4 rings (SSSR count). The van der Waals surface area contributed by atoms with Crippen molar-refractivity contribution in [2.24, 2.45) is 5.92 Å². The minimum absolute atomic E-state index is 0.0338. The van der Waals surface area contributed by atoms with Gasteiger partial charge < -0.3 is 9.88 Å². The first-order chi connectivity index (χ1) is 11.6. The van der Waals surface area contributed by atoms with Gasteiger partial charge in [0.05, 0.1) is 17.4 Å². The average Bonchev–Trinajstić information content (AvgIpc) is 3.09. The van der Waals surface area contributed by atoms with Gasteiger partial charge in [-0.1, -0.05) is 13.8 Å². The first-order valence-electron chi connectivity index (χ1n) is 8.50. The molecule has 1 fully saturated rings. The second-order valence-corrected chi connectivity index (χ2v) is 6.80. The van der Waals surface area contributed by atoms with E-state index in [0.29, 0.717) is 0 Å². The number of piperidine rings is 1. The molecular weight excluding hydrogens is 302 g/mol. The number of nitrogens with one attached hydrogen (secondary N) is 1. The van der Waals surface area contributed by atoms with Gasteiger partial charge in [-0.05, 0) is 18.9 Å². The van der Waals surface area contributed by atoms with Crippen molar-refractivity contribution >= 4 is 27.8 Å². The number of nitrogens with zero attached hydrogens (tertiary/aromatic N) is 4. The molecule has 1 aliphatic heterocycles. The molecule has 0 bridgehead atoms. The zero-order valence-corrected chi connectivity index (χ0v) is 14.0. The molecule has 1 N–H and O–H groups in total. The van der Waals surface area contributed by atoms with E-state index in [4.69, 9.17) is 0 Å². The third-order valence-corrected chi connectivity index (χ3v) is 4.83. The van der Waals surface area contributed by atoms with Gasteiger partial charge in [0, 0.05) is 41.9 Å².